The molecule has 0 aliphatic carbocycles. The molecule has 0 fully saturated rings. The first kappa shape index (κ1) is 35.6. The van der Waals surface area contributed by atoms with Gasteiger partial charge in [0.25, 0.3) is 5.69 Å². The van der Waals surface area contributed by atoms with Crippen LogP contribution in [-0.4, -0.2) is 32.8 Å². The number of hydrogen-bond acceptors (Lipinski definition) is 15. The molecule has 1 radical (unpaired) electrons. The van der Waals surface area contributed by atoms with E-state index in [2.05, 4.69) is 25.6 Å². The van der Waals surface area contributed by atoms with Crippen molar-refractivity contribution in [2.45, 2.75) is 11.8 Å². The van der Waals surface area contributed by atoms with E-state index in [1.807, 2.05) is 6.07 Å². The van der Waals surface area contributed by atoms with Gasteiger partial charge < -0.3 is 30.1 Å². The number of aromatic nitrogens is 2. The van der Waals surface area contributed by atoms with E-state index >= 15 is 0 Å². The largest absolute Gasteiger partial charge is 3.00 e. The molecule has 0 saturated heterocycles. The first-order valence-corrected chi connectivity index (χ1v) is 14.0. The number of para-hydroxylation sites is 1. The summed E-state index contributed by atoms with van der Waals surface area (Å²) in [6.45, 7) is 1.60. The number of hydrogen-bond donors (Lipinski definition) is 1. The third-order valence-electron chi connectivity index (χ3n) is 5.83. The Kier molecular flexibility index (Phi) is 11.3. The van der Waals surface area contributed by atoms with Crippen molar-refractivity contribution in [3.63, 3.8) is 0 Å². The van der Waals surface area contributed by atoms with Crippen LogP contribution < -0.4 is 20.4 Å². The van der Waals surface area contributed by atoms with Crippen molar-refractivity contribution in [2.75, 3.05) is 0 Å². The smallest absolute Gasteiger partial charge is 0.871 e. The van der Waals surface area contributed by atoms with Crippen LogP contribution in [0.4, 0.5) is 28.4 Å². The van der Waals surface area contributed by atoms with Crippen molar-refractivity contribution in [1.29, 1.82) is 0 Å². The first-order chi connectivity index (χ1) is 21.7. The summed E-state index contributed by atoms with van der Waals surface area (Å²) in [5.41, 5.74) is -0.0362. The third-order valence-corrected chi connectivity index (χ3v) is 6.66. The normalized spacial score (nSPS) is 11.2. The van der Waals surface area contributed by atoms with E-state index in [0.29, 0.717) is 11.4 Å². The standard InChI is InChI=1S/C16H13N5O4.C12H10N2O6S.Cr/c1-10-15(16(23)20(19-10)11-5-3-2-4-6-11)18-17-13-8-7-12(21(24)25)9-14(13)22;15-7-1-3-9(12(17)5-7)13-14-10-6-8(21(18,19)20)2-4-11(10)16;/h2-9,22-23H,1H3;1-6,15-17H,(H,18,19,20);/q;;+3/p-3. The van der Waals surface area contributed by atoms with E-state index < -0.39 is 43.1 Å². The zero-order valence-electron chi connectivity index (χ0n) is 25.7. The van der Waals surface area contributed by atoms with E-state index in [1.165, 1.54) is 22.9 Å². The number of nitro groups is 1. The summed E-state index contributed by atoms with van der Waals surface area (Å²) in [5.74, 6) is -2.65. The molecule has 0 atom stereocenters. The number of phenolic OH excluding ortho intramolecular Hbond substituents is 1. The molecule has 0 saturated carbocycles. The number of nitrogens with zero attached hydrogens (tertiary/aromatic N) is 7. The maximum atomic E-state index is 12.4. The van der Waals surface area contributed by atoms with E-state index in [9.17, 15) is 43.5 Å². The fourth-order valence-electron chi connectivity index (χ4n) is 3.58. The minimum Gasteiger partial charge on any atom is -0.871 e. The van der Waals surface area contributed by atoms with Gasteiger partial charge in [0, 0.05) is 18.0 Å². The van der Waals surface area contributed by atoms with Gasteiger partial charge in [0.1, 0.15) is 21.6 Å². The van der Waals surface area contributed by atoms with Crippen molar-refractivity contribution in [1.82, 2.24) is 9.78 Å². The summed E-state index contributed by atoms with van der Waals surface area (Å²) in [7, 11) is -4.72. The number of non-ortho nitro benzene ring substituents is 1. The minimum absolute atomic E-state index is 0. The molecular formula is C28H20CrN7O10S. The zero-order valence-corrected chi connectivity index (χ0v) is 25.7. The summed E-state index contributed by atoms with van der Waals surface area (Å²) < 4.78 is 33.8. The van der Waals surface area contributed by atoms with Crippen molar-refractivity contribution in [3.05, 3.63) is 101 Å². The number of benzene rings is 4. The van der Waals surface area contributed by atoms with Gasteiger partial charge in [-0.25, -0.2) is 13.1 Å². The van der Waals surface area contributed by atoms with Gasteiger partial charge in [-0.3, -0.25) is 10.1 Å². The molecule has 5 aromatic rings. The Bertz CT molecular complexity index is 2100. The molecule has 1 heterocycles. The minimum atomic E-state index is -4.72. The second kappa shape index (κ2) is 14.9. The molecule has 19 heteroatoms. The fourth-order valence-corrected chi connectivity index (χ4v) is 4.07. The average Bonchev–Trinajstić information content (AvgIpc) is 3.29. The molecule has 0 amide bonds. The van der Waals surface area contributed by atoms with Gasteiger partial charge in [-0.2, -0.15) is 20.4 Å². The van der Waals surface area contributed by atoms with E-state index in [0.717, 1.165) is 36.4 Å². The van der Waals surface area contributed by atoms with Crippen molar-refractivity contribution >= 4 is 38.6 Å². The van der Waals surface area contributed by atoms with Gasteiger partial charge in [-0.05, 0) is 55.5 Å². The summed E-state index contributed by atoms with van der Waals surface area (Å²) in [6.07, 6.45) is 0. The summed E-state index contributed by atoms with van der Waals surface area (Å²) in [5, 5.41) is 85.5. The van der Waals surface area contributed by atoms with Gasteiger partial charge in [0.15, 0.2) is 0 Å². The van der Waals surface area contributed by atoms with Crippen LogP contribution in [0.15, 0.2) is 110 Å². The summed E-state index contributed by atoms with van der Waals surface area (Å²) in [4.78, 5) is 9.34. The van der Waals surface area contributed by atoms with Gasteiger partial charge >= 0.3 is 20.2 Å². The Morgan fingerprint density at radius 2 is 1.38 bits per heavy atom. The number of azo groups is 2. The SMILES string of the molecule is Cc1nn(-c2ccccc2)c([O-])c1N=Nc1ccc([N+](=O)[O-])cc1[O-].O=S(=O)([O-])c1ccc([O-])c(N=Nc2ccc(O)cc2[O-])c1.[Cr+3].[H+].[H+]. The fraction of sp³-hybridized carbons (Fsp3) is 0.0357. The van der Waals surface area contributed by atoms with Gasteiger partial charge in [0.2, 0.25) is 0 Å². The topological polar surface area (TPSA) is 280 Å². The molecular weight excluding hydrogens is 678 g/mol. The van der Waals surface area contributed by atoms with Crippen molar-refractivity contribution in [3.8, 4) is 34.6 Å². The van der Waals surface area contributed by atoms with E-state index in [1.54, 1.807) is 31.2 Å². The Labute approximate surface area is 279 Å². The number of aromatic hydroxyl groups is 1. The quantitative estimate of drug-likeness (QED) is 0.111. The summed E-state index contributed by atoms with van der Waals surface area (Å²) >= 11 is 0. The molecule has 0 unspecified atom stereocenters. The van der Waals surface area contributed by atoms with Crippen molar-refractivity contribution in [2.24, 2.45) is 20.5 Å². The van der Waals surface area contributed by atoms with Crippen molar-refractivity contribution < 1.29 is 63.6 Å². The number of aryl methyl sites for hydroxylation is 1. The van der Waals surface area contributed by atoms with Crippen LogP contribution in [0.5, 0.6) is 28.9 Å². The van der Waals surface area contributed by atoms with Crippen LogP contribution in [0.1, 0.15) is 8.55 Å². The third kappa shape index (κ3) is 8.87. The molecule has 5 rings (SSSR count). The molecule has 0 bridgehead atoms. The molecule has 0 aliphatic heterocycles. The van der Waals surface area contributed by atoms with Gasteiger partial charge in [-0.1, -0.05) is 41.5 Å². The molecule has 0 spiro atoms. The second-order valence-corrected chi connectivity index (χ2v) is 10.4. The zero-order chi connectivity index (χ0) is 33.6. The van der Waals surface area contributed by atoms with E-state index in [4.69, 9.17) is 5.11 Å². The Morgan fingerprint density at radius 1 is 0.787 bits per heavy atom. The summed E-state index contributed by atoms with van der Waals surface area (Å²) in [6, 6.07) is 17.8. The van der Waals surface area contributed by atoms with Crippen LogP contribution in [0.3, 0.4) is 0 Å². The molecule has 0 aliphatic rings. The predicted molar refractivity (Wildman–Crippen MR) is 152 cm³/mol. The van der Waals surface area contributed by atoms with Crippen LogP contribution in [0, 0.1) is 17.0 Å². The van der Waals surface area contributed by atoms with E-state index in [-0.39, 0.29) is 54.4 Å². The maximum absolute atomic E-state index is 12.4. The van der Waals surface area contributed by atoms with Crippen LogP contribution in [0.25, 0.3) is 5.69 Å². The molecule has 1 aromatic heterocycles. The van der Waals surface area contributed by atoms with Gasteiger partial charge in [-0.15, -0.1) is 5.11 Å². The number of nitro benzene ring substituents is 1. The molecule has 17 nitrogen and oxygen atoms in total. The first-order valence-electron chi connectivity index (χ1n) is 12.6. The number of phenols is 1. The predicted octanol–water partition coefficient (Wildman–Crippen LogP) is 3.73. The molecule has 4 aromatic carbocycles. The molecule has 239 valence electrons. The van der Waals surface area contributed by atoms with Crippen LogP contribution in [-0.2, 0) is 27.5 Å². The average molecular weight is 699 g/mol. The van der Waals surface area contributed by atoms with Crippen LogP contribution in [0.2, 0.25) is 0 Å². The monoisotopic (exact) mass is 698 g/mol. The second-order valence-electron chi connectivity index (χ2n) is 9.03. The molecule has 47 heavy (non-hydrogen) atoms. The number of rotatable bonds is 7. The Hall–Kier alpha value is -5.87. The molecule has 1 N–H and O–H groups in total. The Morgan fingerprint density at radius 3 is 1.98 bits per heavy atom. The maximum Gasteiger partial charge on any atom is 3.00 e. The van der Waals surface area contributed by atoms with Crippen LogP contribution >= 0.6 is 0 Å². The Balaban J connectivity index is 0.000000468. The van der Waals surface area contributed by atoms with Gasteiger partial charge in [0.05, 0.1) is 38.3 Å².